The SMILES string of the molecule is c1ccc2oc(N3CCN(C4CCNC4)CC3)nc2c1. The van der Waals surface area contributed by atoms with Crippen molar-refractivity contribution in [2.45, 2.75) is 12.5 Å². The Labute approximate surface area is 118 Å². The van der Waals surface area contributed by atoms with Crippen LogP contribution in [0.15, 0.2) is 28.7 Å². The number of rotatable bonds is 2. The van der Waals surface area contributed by atoms with Gasteiger partial charge in [-0.3, -0.25) is 4.90 Å². The van der Waals surface area contributed by atoms with Gasteiger partial charge in [0.15, 0.2) is 5.58 Å². The van der Waals surface area contributed by atoms with Crippen molar-refractivity contribution in [3.8, 4) is 0 Å². The fourth-order valence-corrected chi connectivity index (χ4v) is 3.22. The number of aromatic nitrogens is 1. The van der Waals surface area contributed by atoms with E-state index in [2.05, 4.69) is 20.1 Å². The molecule has 0 radical (unpaired) electrons. The van der Waals surface area contributed by atoms with Gasteiger partial charge < -0.3 is 14.6 Å². The average molecular weight is 272 g/mol. The van der Waals surface area contributed by atoms with E-state index < -0.39 is 0 Å². The quantitative estimate of drug-likeness (QED) is 0.893. The van der Waals surface area contributed by atoms with E-state index in [1.165, 1.54) is 6.42 Å². The fourth-order valence-electron chi connectivity index (χ4n) is 3.22. The maximum atomic E-state index is 5.85. The number of piperazine rings is 1. The third-order valence-corrected chi connectivity index (χ3v) is 4.42. The summed E-state index contributed by atoms with van der Waals surface area (Å²) >= 11 is 0. The van der Waals surface area contributed by atoms with Crippen LogP contribution < -0.4 is 10.2 Å². The van der Waals surface area contributed by atoms with Crippen LogP contribution in [0.3, 0.4) is 0 Å². The van der Waals surface area contributed by atoms with Gasteiger partial charge in [-0.2, -0.15) is 4.98 Å². The molecule has 2 aromatic rings. The Morgan fingerprint density at radius 3 is 2.75 bits per heavy atom. The van der Waals surface area contributed by atoms with Gasteiger partial charge in [0.2, 0.25) is 0 Å². The number of nitrogens with zero attached hydrogens (tertiary/aromatic N) is 3. The van der Waals surface area contributed by atoms with Gasteiger partial charge in [-0.25, -0.2) is 0 Å². The first-order valence-electron chi connectivity index (χ1n) is 7.45. The number of oxazole rings is 1. The minimum Gasteiger partial charge on any atom is -0.423 e. The maximum absolute atomic E-state index is 5.85. The van der Waals surface area contributed by atoms with Crippen LogP contribution in [0.1, 0.15) is 6.42 Å². The van der Waals surface area contributed by atoms with Crippen molar-refractivity contribution in [2.75, 3.05) is 44.2 Å². The first kappa shape index (κ1) is 12.2. The summed E-state index contributed by atoms with van der Waals surface area (Å²) in [5, 5.41) is 3.44. The summed E-state index contributed by atoms with van der Waals surface area (Å²) in [5.41, 5.74) is 1.83. The number of nitrogens with one attached hydrogen (secondary N) is 1. The van der Waals surface area contributed by atoms with E-state index in [1.54, 1.807) is 0 Å². The molecule has 0 amide bonds. The molecule has 2 fully saturated rings. The van der Waals surface area contributed by atoms with Crippen LogP contribution in [-0.2, 0) is 0 Å². The monoisotopic (exact) mass is 272 g/mol. The number of hydrogen-bond donors (Lipinski definition) is 1. The molecule has 1 atom stereocenters. The van der Waals surface area contributed by atoms with Crippen molar-refractivity contribution in [3.63, 3.8) is 0 Å². The number of benzene rings is 1. The lowest BCUT2D eigenvalue weighted by molar-refractivity contribution is 0.194. The highest BCUT2D eigenvalue weighted by molar-refractivity contribution is 5.74. The Morgan fingerprint density at radius 1 is 1.15 bits per heavy atom. The van der Waals surface area contributed by atoms with E-state index in [9.17, 15) is 0 Å². The van der Waals surface area contributed by atoms with Crippen molar-refractivity contribution in [3.05, 3.63) is 24.3 Å². The van der Waals surface area contributed by atoms with Crippen molar-refractivity contribution < 1.29 is 4.42 Å². The van der Waals surface area contributed by atoms with Gasteiger partial charge in [0, 0.05) is 38.8 Å². The largest absolute Gasteiger partial charge is 0.423 e. The van der Waals surface area contributed by atoms with E-state index in [-0.39, 0.29) is 0 Å². The highest BCUT2D eigenvalue weighted by atomic mass is 16.4. The molecule has 1 N–H and O–H groups in total. The lowest BCUT2D eigenvalue weighted by Gasteiger charge is -2.37. The van der Waals surface area contributed by atoms with Crippen LogP contribution in [0.5, 0.6) is 0 Å². The Bertz CT molecular complexity index is 549. The molecular formula is C15H20N4O. The summed E-state index contributed by atoms with van der Waals surface area (Å²) in [6.45, 7) is 6.52. The first-order valence-corrected chi connectivity index (χ1v) is 7.45. The molecule has 4 rings (SSSR count). The molecule has 3 heterocycles. The van der Waals surface area contributed by atoms with Crippen LogP contribution in [0.2, 0.25) is 0 Å². The molecule has 1 aromatic heterocycles. The Morgan fingerprint density at radius 2 is 2.00 bits per heavy atom. The topological polar surface area (TPSA) is 44.5 Å². The zero-order chi connectivity index (χ0) is 13.4. The lowest BCUT2D eigenvalue weighted by atomic mass is 10.2. The predicted molar refractivity (Wildman–Crippen MR) is 79.1 cm³/mol. The van der Waals surface area contributed by atoms with Gasteiger partial charge in [-0.05, 0) is 25.1 Å². The number of anilines is 1. The summed E-state index contributed by atoms with van der Waals surface area (Å²) < 4.78 is 5.85. The minimum atomic E-state index is 0.723. The van der Waals surface area contributed by atoms with Crippen molar-refractivity contribution in [2.24, 2.45) is 0 Å². The van der Waals surface area contributed by atoms with E-state index in [0.29, 0.717) is 0 Å². The molecule has 5 nitrogen and oxygen atoms in total. The van der Waals surface area contributed by atoms with Crippen LogP contribution in [0, 0.1) is 0 Å². The molecule has 20 heavy (non-hydrogen) atoms. The van der Waals surface area contributed by atoms with Crippen LogP contribution >= 0.6 is 0 Å². The molecule has 0 saturated carbocycles. The van der Waals surface area contributed by atoms with Gasteiger partial charge in [0.25, 0.3) is 6.01 Å². The van der Waals surface area contributed by atoms with Gasteiger partial charge in [0.1, 0.15) is 5.52 Å². The molecule has 5 heteroatoms. The Kier molecular flexibility index (Phi) is 3.09. The maximum Gasteiger partial charge on any atom is 0.298 e. The summed E-state index contributed by atoms with van der Waals surface area (Å²) in [6.07, 6.45) is 1.28. The summed E-state index contributed by atoms with van der Waals surface area (Å²) in [7, 11) is 0. The molecule has 0 aliphatic carbocycles. The smallest absolute Gasteiger partial charge is 0.298 e. The number of fused-ring (bicyclic) bond motifs is 1. The summed E-state index contributed by atoms with van der Waals surface area (Å²) in [6, 6.07) is 9.47. The van der Waals surface area contributed by atoms with E-state index in [4.69, 9.17) is 4.42 Å². The van der Waals surface area contributed by atoms with E-state index in [0.717, 1.165) is 62.4 Å². The highest BCUT2D eigenvalue weighted by Gasteiger charge is 2.27. The zero-order valence-corrected chi connectivity index (χ0v) is 11.6. The number of para-hydroxylation sites is 2. The zero-order valence-electron chi connectivity index (χ0n) is 11.6. The van der Waals surface area contributed by atoms with Crippen molar-refractivity contribution >= 4 is 17.1 Å². The van der Waals surface area contributed by atoms with Gasteiger partial charge in [0.05, 0.1) is 0 Å². The molecule has 0 bridgehead atoms. The second-order valence-corrected chi connectivity index (χ2v) is 5.63. The van der Waals surface area contributed by atoms with Gasteiger partial charge >= 0.3 is 0 Å². The molecule has 106 valence electrons. The molecule has 2 saturated heterocycles. The second kappa shape index (κ2) is 5.07. The molecule has 2 aliphatic rings. The van der Waals surface area contributed by atoms with Crippen LogP contribution in [0.4, 0.5) is 6.01 Å². The predicted octanol–water partition coefficient (Wildman–Crippen LogP) is 1.31. The Hall–Kier alpha value is -1.59. The summed E-state index contributed by atoms with van der Waals surface area (Å²) in [4.78, 5) is 9.45. The normalized spacial score (nSPS) is 24.6. The first-order chi connectivity index (χ1) is 9.90. The van der Waals surface area contributed by atoms with Gasteiger partial charge in [-0.15, -0.1) is 0 Å². The van der Waals surface area contributed by atoms with Crippen molar-refractivity contribution in [1.29, 1.82) is 0 Å². The van der Waals surface area contributed by atoms with Crippen LogP contribution in [0.25, 0.3) is 11.1 Å². The summed E-state index contributed by atoms with van der Waals surface area (Å²) in [5.74, 6) is 0. The lowest BCUT2D eigenvalue weighted by Crippen LogP contribution is -2.51. The average Bonchev–Trinajstić information content (AvgIpc) is 3.17. The highest BCUT2D eigenvalue weighted by Crippen LogP contribution is 2.23. The van der Waals surface area contributed by atoms with E-state index >= 15 is 0 Å². The molecule has 1 aromatic carbocycles. The Balaban J connectivity index is 1.45. The standard InChI is InChI=1S/C15H20N4O/c1-2-4-14-13(3-1)17-15(20-14)19-9-7-18(8-10-19)12-5-6-16-11-12/h1-4,12,16H,5-11H2. The van der Waals surface area contributed by atoms with E-state index in [1.807, 2.05) is 24.3 Å². The van der Waals surface area contributed by atoms with Crippen molar-refractivity contribution in [1.82, 2.24) is 15.2 Å². The minimum absolute atomic E-state index is 0.723. The second-order valence-electron chi connectivity index (χ2n) is 5.63. The molecule has 0 spiro atoms. The third kappa shape index (κ3) is 2.17. The fraction of sp³-hybridized carbons (Fsp3) is 0.533. The third-order valence-electron chi connectivity index (χ3n) is 4.42. The van der Waals surface area contributed by atoms with Crippen LogP contribution in [-0.4, -0.2) is 55.2 Å². The molecular weight excluding hydrogens is 252 g/mol. The molecule has 1 unspecified atom stereocenters. The van der Waals surface area contributed by atoms with Gasteiger partial charge in [-0.1, -0.05) is 12.1 Å². The number of hydrogen-bond acceptors (Lipinski definition) is 5. The molecule has 2 aliphatic heterocycles.